The highest BCUT2D eigenvalue weighted by Crippen LogP contribution is 2.27. The van der Waals surface area contributed by atoms with E-state index in [4.69, 9.17) is 11.6 Å². The lowest BCUT2D eigenvalue weighted by atomic mass is 10.2. The van der Waals surface area contributed by atoms with E-state index >= 15 is 0 Å². The minimum atomic E-state index is -3.89. The Morgan fingerprint density at radius 1 is 1.09 bits per heavy atom. The Kier molecular flexibility index (Phi) is 6.89. The Hall–Kier alpha value is -3.05. The number of esters is 1. The summed E-state index contributed by atoms with van der Waals surface area (Å²) in [6.45, 7) is 0.318. The lowest BCUT2D eigenvalue weighted by Gasteiger charge is -2.12. The van der Waals surface area contributed by atoms with Crippen LogP contribution in [0.4, 0.5) is 5.82 Å². The van der Waals surface area contributed by atoms with E-state index in [0.717, 1.165) is 22.3 Å². The van der Waals surface area contributed by atoms with E-state index in [0.29, 0.717) is 22.2 Å². The molecule has 0 atom stereocenters. The number of hydrogen-bond donors (Lipinski definition) is 2. The van der Waals surface area contributed by atoms with Crippen LogP contribution < -0.4 is 10.0 Å². The number of methoxy groups -OCH3 is 1. The molecule has 8 nitrogen and oxygen atoms in total. The van der Waals surface area contributed by atoms with Crippen LogP contribution in [0.25, 0.3) is 22.3 Å². The zero-order valence-corrected chi connectivity index (χ0v) is 19.8. The molecule has 11 heteroatoms. The smallest absolute Gasteiger partial charge is 0.349 e. The maximum absolute atomic E-state index is 12.7. The van der Waals surface area contributed by atoms with Crippen LogP contribution in [0.3, 0.4) is 0 Å². The average molecular weight is 503 g/mol. The molecule has 0 spiro atoms. The van der Waals surface area contributed by atoms with E-state index in [-0.39, 0.29) is 22.9 Å². The van der Waals surface area contributed by atoms with E-state index in [9.17, 15) is 13.2 Å². The maximum Gasteiger partial charge on any atom is 0.349 e. The Morgan fingerprint density at radius 3 is 2.64 bits per heavy atom. The molecule has 170 valence electrons. The van der Waals surface area contributed by atoms with Gasteiger partial charge in [0.2, 0.25) is 10.0 Å². The second-order valence-electron chi connectivity index (χ2n) is 6.85. The number of thiophene rings is 1. The predicted molar refractivity (Wildman–Crippen MR) is 129 cm³/mol. The first-order valence-electron chi connectivity index (χ1n) is 9.81. The molecule has 2 aromatic heterocycles. The van der Waals surface area contributed by atoms with Crippen molar-refractivity contribution in [1.29, 1.82) is 0 Å². The third-order valence-electron chi connectivity index (χ3n) is 4.69. The van der Waals surface area contributed by atoms with Gasteiger partial charge < -0.3 is 10.1 Å². The van der Waals surface area contributed by atoms with Crippen molar-refractivity contribution in [2.75, 3.05) is 25.5 Å². The van der Waals surface area contributed by atoms with Crippen LogP contribution in [-0.2, 0) is 14.8 Å². The van der Waals surface area contributed by atoms with Crippen LogP contribution in [0.2, 0.25) is 5.02 Å². The molecule has 0 aliphatic rings. The number of nitrogens with zero attached hydrogens (tertiary/aromatic N) is 2. The molecule has 0 aliphatic heterocycles. The number of carbonyl (C=O) groups excluding carboxylic acids is 1. The number of anilines is 1. The highest BCUT2D eigenvalue weighted by Gasteiger charge is 2.24. The van der Waals surface area contributed by atoms with E-state index in [1.165, 1.54) is 18.6 Å². The molecule has 2 aromatic carbocycles. The van der Waals surface area contributed by atoms with Gasteiger partial charge in [0.15, 0.2) is 5.82 Å². The van der Waals surface area contributed by atoms with Crippen molar-refractivity contribution >= 4 is 55.7 Å². The third kappa shape index (κ3) is 5.14. The summed E-state index contributed by atoms with van der Waals surface area (Å²) in [5.74, 6) is 0.387. The second-order valence-corrected chi connectivity index (χ2v) is 9.94. The average Bonchev–Trinajstić information content (AvgIpc) is 3.32. The van der Waals surface area contributed by atoms with E-state index in [2.05, 4.69) is 24.7 Å². The minimum Gasteiger partial charge on any atom is -0.465 e. The lowest BCUT2D eigenvalue weighted by molar-refractivity contribution is 0.0602. The number of sulfonamides is 1. The molecule has 0 unspecified atom stereocenters. The molecule has 0 aliphatic carbocycles. The van der Waals surface area contributed by atoms with Gasteiger partial charge in [-0.25, -0.2) is 27.9 Å². The molecule has 4 aromatic rings. The fraction of sp³-hybridized carbons (Fsp3) is 0.136. The topological polar surface area (TPSA) is 110 Å². The first kappa shape index (κ1) is 23.1. The second kappa shape index (κ2) is 9.84. The summed E-state index contributed by atoms with van der Waals surface area (Å²) in [6.07, 6.45) is 0. The number of aromatic nitrogens is 2. The number of ether oxygens (including phenoxy) is 1. The van der Waals surface area contributed by atoms with Crippen LogP contribution in [0.5, 0.6) is 0 Å². The van der Waals surface area contributed by atoms with Crippen LogP contribution in [0.15, 0.2) is 64.9 Å². The molecule has 0 amide bonds. The van der Waals surface area contributed by atoms with E-state index < -0.39 is 16.0 Å². The van der Waals surface area contributed by atoms with Crippen molar-refractivity contribution in [2.24, 2.45) is 0 Å². The largest absolute Gasteiger partial charge is 0.465 e. The first-order valence-corrected chi connectivity index (χ1v) is 12.5. The molecule has 0 bridgehead atoms. The van der Waals surface area contributed by atoms with Crippen molar-refractivity contribution in [2.45, 2.75) is 4.90 Å². The van der Waals surface area contributed by atoms with Crippen LogP contribution in [0.1, 0.15) is 9.67 Å². The van der Waals surface area contributed by atoms with Gasteiger partial charge in [0.25, 0.3) is 0 Å². The summed E-state index contributed by atoms with van der Waals surface area (Å²) in [7, 11) is -2.68. The quantitative estimate of drug-likeness (QED) is 0.274. The summed E-state index contributed by atoms with van der Waals surface area (Å²) in [5.41, 5.74) is 1.51. The highest BCUT2D eigenvalue weighted by atomic mass is 35.5. The lowest BCUT2D eigenvalue weighted by Crippen LogP contribution is -2.29. The van der Waals surface area contributed by atoms with Gasteiger partial charge >= 0.3 is 5.97 Å². The fourth-order valence-corrected chi connectivity index (χ4v) is 5.68. The van der Waals surface area contributed by atoms with E-state index in [1.54, 1.807) is 12.1 Å². The third-order valence-corrected chi connectivity index (χ3v) is 7.45. The molecule has 4 rings (SSSR count). The summed E-state index contributed by atoms with van der Waals surface area (Å²) in [5, 5.41) is 6.01. The Labute approximate surface area is 199 Å². The number of carbonyl (C=O) groups is 1. The summed E-state index contributed by atoms with van der Waals surface area (Å²) in [4.78, 5) is 21.0. The zero-order valence-electron chi connectivity index (χ0n) is 17.4. The van der Waals surface area contributed by atoms with Crippen molar-refractivity contribution in [3.63, 3.8) is 0 Å². The number of benzene rings is 2. The normalized spacial score (nSPS) is 11.5. The molecule has 33 heavy (non-hydrogen) atoms. The minimum absolute atomic E-state index is 0.0316. The fourth-order valence-electron chi connectivity index (χ4n) is 3.15. The van der Waals surface area contributed by atoms with E-state index in [1.807, 2.05) is 36.4 Å². The monoisotopic (exact) mass is 502 g/mol. The van der Waals surface area contributed by atoms with Gasteiger partial charge in [-0.05, 0) is 29.6 Å². The maximum atomic E-state index is 12.7. The summed E-state index contributed by atoms with van der Waals surface area (Å²) < 4.78 is 32.5. The molecular weight excluding hydrogens is 484 g/mol. The molecule has 0 saturated carbocycles. The first-order chi connectivity index (χ1) is 15.9. The SMILES string of the molecule is COC(=O)c1sccc1S(=O)(=O)NCCNc1nc(-c2ccccc2)nc2cc(Cl)ccc12. The standard InChI is InChI=1S/C22H19ClN4O4S2/c1-31-22(28)19-18(9-12-32-19)33(29,30)25-11-10-24-21-16-8-7-15(23)13-17(16)26-20(27-21)14-5-3-2-4-6-14/h2-9,12-13,25H,10-11H2,1H3,(H,24,26,27). The number of fused-ring (bicyclic) bond motifs is 1. The van der Waals surface area contributed by atoms with Gasteiger partial charge in [0, 0.05) is 29.1 Å². The number of nitrogens with one attached hydrogen (secondary N) is 2. The molecule has 0 fully saturated rings. The summed E-state index contributed by atoms with van der Waals surface area (Å²) in [6, 6.07) is 16.2. The van der Waals surface area contributed by atoms with Gasteiger partial charge in [0.05, 0.1) is 12.6 Å². The molecule has 0 radical (unpaired) electrons. The van der Waals surface area contributed by atoms with Crippen molar-refractivity contribution in [3.8, 4) is 11.4 Å². The zero-order chi connectivity index (χ0) is 23.4. The van der Waals surface area contributed by atoms with Crippen LogP contribution >= 0.6 is 22.9 Å². The van der Waals surface area contributed by atoms with Gasteiger partial charge in [-0.3, -0.25) is 0 Å². The van der Waals surface area contributed by atoms with Crippen molar-refractivity contribution < 1.29 is 17.9 Å². The highest BCUT2D eigenvalue weighted by molar-refractivity contribution is 7.89. The molecule has 2 heterocycles. The van der Waals surface area contributed by atoms with Gasteiger partial charge in [-0.2, -0.15) is 0 Å². The number of hydrogen-bond acceptors (Lipinski definition) is 8. The van der Waals surface area contributed by atoms with Crippen molar-refractivity contribution in [3.05, 3.63) is 69.9 Å². The molecule has 0 saturated heterocycles. The van der Waals surface area contributed by atoms with Gasteiger partial charge in [-0.15, -0.1) is 11.3 Å². The molecule has 2 N–H and O–H groups in total. The van der Waals surface area contributed by atoms with Gasteiger partial charge in [-0.1, -0.05) is 41.9 Å². The molecular formula is C22H19ClN4O4S2. The Balaban J connectivity index is 1.53. The Bertz CT molecular complexity index is 1410. The van der Waals surface area contributed by atoms with Crippen LogP contribution in [0, 0.1) is 0 Å². The van der Waals surface area contributed by atoms with Crippen molar-refractivity contribution in [1.82, 2.24) is 14.7 Å². The van der Waals surface area contributed by atoms with Crippen LogP contribution in [-0.4, -0.2) is 44.6 Å². The Morgan fingerprint density at radius 2 is 1.88 bits per heavy atom. The summed E-state index contributed by atoms with van der Waals surface area (Å²) >= 11 is 7.16. The number of rotatable bonds is 8. The van der Waals surface area contributed by atoms with Gasteiger partial charge in [0.1, 0.15) is 15.6 Å². The number of halogens is 1. The predicted octanol–water partition coefficient (Wildman–Crippen LogP) is 4.19.